The van der Waals surface area contributed by atoms with Crippen molar-refractivity contribution >= 4 is 33.0 Å². The van der Waals surface area contributed by atoms with Crippen molar-refractivity contribution in [3.63, 3.8) is 0 Å². The molecule has 4 saturated heterocycles. The van der Waals surface area contributed by atoms with E-state index in [1.165, 1.54) is 49.4 Å². The number of benzene rings is 3. The van der Waals surface area contributed by atoms with Gasteiger partial charge in [0.1, 0.15) is 6.61 Å². The maximum atomic E-state index is 13.5. The van der Waals surface area contributed by atoms with Gasteiger partial charge in [0.15, 0.2) is 11.4 Å². The van der Waals surface area contributed by atoms with E-state index in [0.717, 1.165) is 89.3 Å². The van der Waals surface area contributed by atoms with Gasteiger partial charge in [-0.05, 0) is 111 Å². The highest BCUT2D eigenvalue weighted by molar-refractivity contribution is 7.90. The largest absolute Gasteiger partial charge is 0.489 e. The Kier molecular flexibility index (Phi) is 11.8. The van der Waals surface area contributed by atoms with Gasteiger partial charge in [-0.25, -0.2) is 13.1 Å². The first kappa shape index (κ1) is 41.1. The molecule has 6 aliphatic rings. The lowest BCUT2D eigenvalue weighted by molar-refractivity contribution is -0.384. The maximum absolute atomic E-state index is 13.5. The Hall–Kier alpha value is -4.28. The van der Waals surface area contributed by atoms with E-state index in [1.54, 1.807) is 12.1 Å². The van der Waals surface area contributed by atoms with Crippen LogP contribution in [0.1, 0.15) is 78.9 Å². The zero-order valence-electron chi connectivity index (χ0n) is 34.6. The summed E-state index contributed by atoms with van der Waals surface area (Å²) in [7, 11) is -4.46. The van der Waals surface area contributed by atoms with E-state index in [1.807, 2.05) is 12.1 Å². The highest BCUT2D eigenvalue weighted by atomic mass is 32.2. The lowest BCUT2D eigenvalue weighted by Crippen LogP contribution is -2.60. The number of fused-ring (bicyclic) bond motifs is 1. The second-order valence-corrected chi connectivity index (χ2v) is 19.7. The number of piperazine rings is 1. The quantitative estimate of drug-likeness (QED) is 0.178. The van der Waals surface area contributed by atoms with Crippen molar-refractivity contribution in [3.8, 4) is 5.75 Å². The van der Waals surface area contributed by atoms with Gasteiger partial charge in [0.05, 0.1) is 15.9 Å². The van der Waals surface area contributed by atoms with Crippen molar-refractivity contribution in [1.29, 1.82) is 0 Å². The van der Waals surface area contributed by atoms with Gasteiger partial charge in [0.2, 0.25) is 0 Å². The Morgan fingerprint density at radius 3 is 2.33 bits per heavy atom. The zero-order valence-corrected chi connectivity index (χ0v) is 35.4. The molecule has 14 nitrogen and oxygen atoms in total. The number of sulfonamides is 1. The number of aryl methyl sites for hydroxylation is 1. The lowest BCUT2D eigenvalue weighted by Gasteiger charge is -2.58. The molecule has 9 rings (SSSR count). The molecular formula is C45H58N6O8S. The molecule has 2 N–H and O–H groups in total. The van der Waals surface area contributed by atoms with Crippen LogP contribution in [-0.4, -0.2) is 113 Å². The molecule has 3 aromatic carbocycles. The molecule has 1 amide bonds. The highest BCUT2D eigenvalue weighted by Crippen LogP contribution is 2.53. The summed E-state index contributed by atoms with van der Waals surface area (Å²) in [5.74, 6) is 0.196. The van der Waals surface area contributed by atoms with Gasteiger partial charge < -0.3 is 24.4 Å². The van der Waals surface area contributed by atoms with Crippen LogP contribution in [0.25, 0.3) is 0 Å². The predicted molar refractivity (Wildman–Crippen MR) is 228 cm³/mol. The number of nitro groups is 1. The van der Waals surface area contributed by atoms with E-state index in [9.17, 15) is 23.3 Å². The maximum Gasteiger partial charge on any atom is 0.297 e. The summed E-state index contributed by atoms with van der Waals surface area (Å²) >= 11 is 0. The van der Waals surface area contributed by atoms with Crippen LogP contribution in [-0.2, 0) is 19.5 Å². The van der Waals surface area contributed by atoms with Crippen LogP contribution >= 0.6 is 0 Å². The van der Waals surface area contributed by atoms with Gasteiger partial charge in [0, 0.05) is 101 Å². The fraction of sp³-hybridized carbons (Fsp3) is 0.578. The number of rotatable bonds is 10. The minimum absolute atomic E-state index is 0.0660. The first-order valence-corrected chi connectivity index (χ1v) is 23.4. The van der Waals surface area contributed by atoms with Gasteiger partial charge in [-0.1, -0.05) is 24.3 Å². The van der Waals surface area contributed by atoms with Crippen molar-refractivity contribution < 1.29 is 32.3 Å². The molecule has 1 saturated carbocycles. The minimum Gasteiger partial charge on any atom is -0.489 e. The number of carbonyl (C=O) groups is 1. The number of anilines is 2. The molecule has 0 bridgehead atoms. The molecule has 0 radical (unpaired) electrons. The normalized spacial score (nSPS) is 24.5. The smallest absolute Gasteiger partial charge is 0.297 e. The molecule has 3 aromatic rings. The lowest BCUT2D eigenvalue weighted by atomic mass is 9.59. The third-order valence-corrected chi connectivity index (χ3v) is 15.7. The fourth-order valence-corrected chi connectivity index (χ4v) is 11.8. The summed E-state index contributed by atoms with van der Waals surface area (Å²) in [6.45, 7) is 11.8. The molecule has 0 unspecified atom stereocenters. The zero-order chi connectivity index (χ0) is 41.4. The van der Waals surface area contributed by atoms with Gasteiger partial charge in [-0.15, -0.1) is 0 Å². The van der Waals surface area contributed by atoms with Crippen molar-refractivity contribution in [2.45, 2.75) is 81.3 Å². The molecule has 5 fully saturated rings. The summed E-state index contributed by atoms with van der Waals surface area (Å²) in [5.41, 5.74) is 4.09. The molecule has 60 heavy (non-hydrogen) atoms. The highest BCUT2D eigenvalue weighted by Gasteiger charge is 2.50. The molecule has 322 valence electrons. The standard InChI is InChI=1S/C45H58N6O8S/c1-31-4-2-3-5-38(31)41-29-48(28-32-10-20-57-21-11-32)18-19-50(41)36-26-45(27-36)14-16-49(17-15-45)35-8-6-34(7-9-35)44(52)47-60(55,56)37-24-40(51(53)54)43-42(25-37)59-30-39(46-43)33-12-22-58-23-13-33/h2-9,24-25,32-33,36,39,41,46H,10-23,26-30H2,1H3,(H,47,52)/t39-,41-/m0/s1. The van der Waals surface area contributed by atoms with Gasteiger partial charge in [0.25, 0.3) is 21.6 Å². The van der Waals surface area contributed by atoms with Crippen molar-refractivity contribution in [3.05, 3.63) is 87.5 Å². The van der Waals surface area contributed by atoms with Crippen LogP contribution in [0.15, 0.2) is 65.6 Å². The summed E-state index contributed by atoms with van der Waals surface area (Å²) < 4.78 is 46.0. The molecule has 15 heteroatoms. The third kappa shape index (κ3) is 8.61. The van der Waals surface area contributed by atoms with Crippen LogP contribution in [0.2, 0.25) is 0 Å². The molecule has 5 heterocycles. The van der Waals surface area contributed by atoms with Crippen LogP contribution in [0.3, 0.4) is 0 Å². The van der Waals surface area contributed by atoms with Crippen LogP contribution in [0.4, 0.5) is 17.1 Å². The van der Waals surface area contributed by atoms with E-state index in [4.69, 9.17) is 14.2 Å². The minimum atomic E-state index is -4.46. The van der Waals surface area contributed by atoms with Crippen LogP contribution < -0.4 is 19.7 Å². The summed E-state index contributed by atoms with van der Waals surface area (Å²) in [6.07, 6.45) is 8.62. The van der Waals surface area contributed by atoms with E-state index in [2.05, 4.69) is 55.9 Å². The number of nitrogens with zero attached hydrogens (tertiary/aromatic N) is 4. The van der Waals surface area contributed by atoms with Gasteiger partial charge in [-0.2, -0.15) is 0 Å². The van der Waals surface area contributed by atoms with Gasteiger partial charge in [-0.3, -0.25) is 24.7 Å². The number of nitrogens with one attached hydrogen (secondary N) is 2. The monoisotopic (exact) mass is 842 g/mol. The Morgan fingerprint density at radius 1 is 0.933 bits per heavy atom. The third-order valence-electron chi connectivity index (χ3n) is 14.4. The number of amides is 1. The first-order valence-electron chi connectivity index (χ1n) is 21.9. The average Bonchev–Trinajstić information content (AvgIpc) is 3.26. The van der Waals surface area contributed by atoms with E-state index >= 15 is 0 Å². The van der Waals surface area contributed by atoms with E-state index in [0.29, 0.717) is 30.7 Å². The van der Waals surface area contributed by atoms with Crippen molar-refractivity contribution in [2.24, 2.45) is 17.3 Å². The second-order valence-electron chi connectivity index (χ2n) is 18.0. The fourth-order valence-electron chi connectivity index (χ4n) is 10.8. The number of nitro benzene ring substituents is 1. The number of carbonyl (C=O) groups excluding carboxylic acids is 1. The Balaban J connectivity index is 0.796. The summed E-state index contributed by atoms with van der Waals surface area (Å²) in [4.78, 5) is 32.2. The molecule has 2 atom stereocenters. The van der Waals surface area contributed by atoms with Crippen LogP contribution in [0, 0.1) is 34.3 Å². The second kappa shape index (κ2) is 17.2. The van der Waals surface area contributed by atoms with Crippen molar-refractivity contribution in [1.82, 2.24) is 14.5 Å². The van der Waals surface area contributed by atoms with Gasteiger partial charge >= 0.3 is 0 Å². The molecular weight excluding hydrogens is 785 g/mol. The molecule has 1 spiro atoms. The Bertz CT molecular complexity index is 2140. The first-order chi connectivity index (χ1) is 29.0. The number of hydrogen-bond donors (Lipinski definition) is 2. The molecule has 5 aliphatic heterocycles. The Labute approximate surface area is 353 Å². The Morgan fingerprint density at radius 2 is 1.63 bits per heavy atom. The number of ether oxygens (including phenoxy) is 3. The molecule has 0 aromatic heterocycles. The van der Waals surface area contributed by atoms with E-state index < -0.39 is 31.4 Å². The van der Waals surface area contributed by atoms with E-state index in [-0.39, 0.29) is 35.6 Å². The number of hydrogen-bond acceptors (Lipinski definition) is 12. The van der Waals surface area contributed by atoms with Crippen molar-refractivity contribution in [2.75, 3.05) is 82.5 Å². The van der Waals surface area contributed by atoms with Crippen LogP contribution in [0.5, 0.6) is 5.75 Å². The summed E-state index contributed by atoms with van der Waals surface area (Å²) in [6, 6.07) is 19.0. The average molecular weight is 843 g/mol. The summed E-state index contributed by atoms with van der Waals surface area (Å²) in [5, 5.41) is 15.3. The molecule has 1 aliphatic carbocycles. The number of piperidine rings is 1. The SMILES string of the molecule is Cc1ccccc1[C@@H]1CN(CC2CCOCC2)CCN1C1CC2(CCN(c3ccc(C(=O)NS(=O)(=O)c4cc5c(c([N+](=O)[O-])c4)N[C@H](C4CCOCC4)CO5)cc3)CC2)C1. The predicted octanol–water partition coefficient (Wildman–Crippen LogP) is 6.16. The topological polar surface area (TPSA) is 156 Å².